The monoisotopic (exact) mass is 544 g/mol. The summed E-state index contributed by atoms with van der Waals surface area (Å²) in [6.07, 6.45) is 0.845. The Bertz CT molecular complexity index is 1320. The Hall–Kier alpha value is -2.94. The van der Waals surface area contributed by atoms with Gasteiger partial charge in [-0.05, 0) is 136 Å². The van der Waals surface area contributed by atoms with Crippen LogP contribution in [0.5, 0.6) is 17.2 Å². The summed E-state index contributed by atoms with van der Waals surface area (Å²) in [5, 5.41) is 31.9. The highest BCUT2D eigenvalue weighted by atomic mass is 16.3. The van der Waals surface area contributed by atoms with Gasteiger partial charge in [-0.25, -0.2) is 0 Å². The van der Waals surface area contributed by atoms with Crippen molar-refractivity contribution in [2.45, 2.75) is 125 Å². The van der Waals surface area contributed by atoms with Crippen molar-refractivity contribution in [1.29, 1.82) is 0 Å². The average molecular weight is 545 g/mol. The Labute approximate surface area is 243 Å². The SMILES string of the molecule is Cc1cc(O)cc(C(C)(C)C)c1C(C)CC(c1c(C)cc(O)cc1C(C)(C)C)c1c(C)cc(O)cc1C(C)(C)C. The van der Waals surface area contributed by atoms with Gasteiger partial charge in [-0.3, -0.25) is 0 Å². The van der Waals surface area contributed by atoms with E-state index in [1.54, 1.807) is 0 Å². The second-order valence-corrected chi connectivity index (χ2v) is 15.1. The lowest BCUT2D eigenvalue weighted by atomic mass is 9.68. The molecule has 0 bridgehead atoms. The van der Waals surface area contributed by atoms with Crippen LogP contribution in [-0.2, 0) is 16.2 Å². The second-order valence-electron chi connectivity index (χ2n) is 15.1. The largest absolute Gasteiger partial charge is 0.508 e. The predicted molar refractivity (Wildman–Crippen MR) is 170 cm³/mol. The van der Waals surface area contributed by atoms with E-state index in [0.29, 0.717) is 17.2 Å². The lowest BCUT2D eigenvalue weighted by Gasteiger charge is -2.36. The number of phenolic OH excluding ortho intramolecular Hbond substituents is 3. The van der Waals surface area contributed by atoms with Gasteiger partial charge in [-0.2, -0.15) is 0 Å². The first-order chi connectivity index (χ1) is 18.1. The molecule has 0 saturated carbocycles. The van der Waals surface area contributed by atoms with Crippen molar-refractivity contribution in [1.82, 2.24) is 0 Å². The van der Waals surface area contributed by atoms with Gasteiger partial charge in [0.2, 0.25) is 0 Å². The molecule has 3 rings (SSSR count). The fourth-order valence-corrected chi connectivity index (χ4v) is 6.63. The van der Waals surface area contributed by atoms with Gasteiger partial charge in [0, 0.05) is 5.92 Å². The number of phenols is 3. The summed E-state index contributed by atoms with van der Waals surface area (Å²) < 4.78 is 0. The molecule has 3 aromatic carbocycles. The summed E-state index contributed by atoms with van der Waals surface area (Å²) in [5.74, 6) is 1.10. The smallest absolute Gasteiger partial charge is 0.116 e. The van der Waals surface area contributed by atoms with Crippen LogP contribution in [0.1, 0.15) is 138 Å². The highest BCUT2D eigenvalue weighted by Crippen LogP contribution is 2.48. The van der Waals surface area contributed by atoms with Crippen LogP contribution in [-0.4, -0.2) is 15.3 Å². The van der Waals surface area contributed by atoms with Gasteiger partial charge >= 0.3 is 0 Å². The third-order valence-electron chi connectivity index (χ3n) is 8.32. The number of rotatable bonds is 5. The number of aryl methyl sites for hydroxylation is 3. The highest BCUT2D eigenvalue weighted by molar-refractivity contribution is 5.56. The molecule has 0 aliphatic carbocycles. The molecule has 0 aromatic heterocycles. The predicted octanol–water partition coefficient (Wildman–Crippen LogP) is 9.95. The second kappa shape index (κ2) is 10.8. The van der Waals surface area contributed by atoms with E-state index in [1.165, 1.54) is 22.3 Å². The van der Waals surface area contributed by atoms with E-state index in [2.05, 4.69) is 90.0 Å². The Morgan fingerprint density at radius 1 is 0.500 bits per heavy atom. The van der Waals surface area contributed by atoms with E-state index in [0.717, 1.165) is 34.2 Å². The normalized spacial score (nSPS) is 13.7. The number of hydrogen-bond acceptors (Lipinski definition) is 3. The van der Waals surface area contributed by atoms with Crippen molar-refractivity contribution < 1.29 is 15.3 Å². The molecule has 40 heavy (non-hydrogen) atoms. The van der Waals surface area contributed by atoms with Crippen LogP contribution >= 0.6 is 0 Å². The van der Waals surface area contributed by atoms with Gasteiger partial charge in [-0.1, -0.05) is 69.2 Å². The van der Waals surface area contributed by atoms with Crippen LogP contribution in [0.15, 0.2) is 36.4 Å². The van der Waals surface area contributed by atoms with Crippen LogP contribution in [0.2, 0.25) is 0 Å². The fourth-order valence-electron chi connectivity index (χ4n) is 6.63. The van der Waals surface area contributed by atoms with Crippen LogP contribution in [0.4, 0.5) is 0 Å². The topological polar surface area (TPSA) is 60.7 Å². The first-order valence-electron chi connectivity index (χ1n) is 14.6. The number of hydrogen-bond donors (Lipinski definition) is 3. The van der Waals surface area contributed by atoms with Crippen molar-refractivity contribution >= 4 is 0 Å². The molecule has 218 valence electrons. The molecule has 0 aliphatic heterocycles. The van der Waals surface area contributed by atoms with Gasteiger partial charge in [0.25, 0.3) is 0 Å². The summed E-state index contributed by atoms with van der Waals surface area (Å²) in [6.45, 7) is 28.5. The van der Waals surface area contributed by atoms with Gasteiger partial charge in [0.15, 0.2) is 0 Å². The molecule has 3 N–H and O–H groups in total. The standard InChI is InChI=1S/C37H52O3/c1-21-14-25(38)18-29(35(5,6)7)32(21)24(4)17-28(33-22(2)15-26(39)19-30(33)36(8,9)10)34-23(3)16-27(40)20-31(34)37(11,12)13/h14-16,18-20,24,28,38-40H,17H2,1-13H3. The lowest BCUT2D eigenvalue weighted by Crippen LogP contribution is -2.24. The van der Waals surface area contributed by atoms with Crippen LogP contribution in [0.3, 0.4) is 0 Å². The highest BCUT2D eigenvalue weighted by Gasteiger charge is 2.34. The average Bonchev–Trinajstić information content (AvgIpc) is 2.74. The molecule has 0 spiro atoms. The van der Waals surface area contributed by atoms with Crippen molar-refractivity contribution in [3.05, 3.63) is 86.5 Å². The van der Waals surface area contributed by atoms with E-state index in [4.69, 9.17) is 0 Å². The van der Waals surface area contributed by atoms with Gasteiger partial charge in [0.1, 0.15) is 17.2 Å². The molecular weight excluding hydrogens is 492 g/mol. The summed E-state index contributed by atoms with van der Waals surface area (Å²) >= 11 is 0. The van der Waals surface area contributed by atoms with Crippen molar-refractivity contribution in [2.75, 3.05) is 0 Å². The molecule has 3 heteroatoms. The van der Waals surface area contributed by atoms with E-state index in [-0.39, 0.29) is 28.1 Å². The third-order valence-corrected chi connectivity index (χ3v) is 8.32. The van der Waals surface area contributed by atoms with E-state index >= 15 is 0 Å². The maximum Gasteiger partial charge on any atom is 0.116 e. The Morgan fingerprint density at radius 2 is 0.775 bits per heavy atom. The molecule has 3 nitrogen and oxygen atoms in total. The first kappa shape index (κ1) is 31.6. The molecule has 0 amide bonds. The Kier molecular flexibility index (Phi) is 8.53. The maximum absolute atomic E-state index is 10.7. The minimum atomic E-state index is -0.182. The Morgan fingerprint density at radius 3 is 1.07 bits per heavy atom. The molecule has 0 saturated heterocycles. The minimum absolute atomic E-state index is 0.0284. The zero-order chi connectivity index (χ0) is 30.5. The summed E-state index contributed by atoms with van der Waals surface area (Å²) in [5.41, 5.74) is 10.0. The lowest BCUT2D eigenvalue weighted by molar-refractivity contribution is 0.463. The molecule has 1 atom stereocenters. The first-order valence-corrected chi connectivity index (χ1v) is 14.6. The maximum atomic E-state index is 10.7. The number of aromatic hydroxyl groups is 3. The van der Waals surface area contributed by atoms with Crippen molar-refractivity contribution in [3.63, 3.8) is 0 Å². The number of benzene rings is 3. The summed E-state index contributed by atoms with van der Waals surface area (Å²) in [4.78, 5) is 0. The van der Waals surface area contributed by atoms with Crippen molar-refractivity contribution in [3.8, 4) is 17.2 Å². The van der Waals surface area contributed by atoms with Gasteiger partial charge in [-0.15, -0.1) is 0 Å². The van der Waals surface area contributed by atoms with Gasteiger partial charge < -0.3 is 15.3 Å². The molecule has 1 unspecified atom stereocenters. The fraction of sp³-hybridized carbons (Fsp3) is 0.514. The molecule has 0 heterocycles. The van der Waals surface area contributed by atoms with Crippen LogP contribution in [0, 0.1) is 20.8 Å². The van der Waals surface area contributed by atoms with Gasteiger partial charge in [0.05, 0.1) is 0 Å². The third kappa shape index (κ3) is 6.51. The van der Waals surface area contributed by atoms with Crippen molar-refractivity contribution in [2.24, 2.45) is 0 Å². The molecule has 3 aromatic rings. The quantitative estimate of drug-likeness (QED) is 0.299. The van der Waals surface area contributed by atoms with E-state index < -0.39 is 0 Å². The zero-order valence-corrected chi connectivity index (χ0v) is 27.2. The van der Waals surface area contributed by atoms with Crippen LogP contribution in [0.25, 0.3) is 0 Å². The summed E-state index contributed by atoms with van der Waals surface area (Å²) in [7, 11) is 0. The zero-order valence-electron chi connectivity index (χ0n) is 27.2. The summed E-state index contributed by atoms with van der Waals surface area (Å²) in [6, 6.07) is 11.5. The molecule has 0 fully saturated rings. The van der Waals surface area contributed by atoms with E-state index in [9.17, 15) is 15.3 Å². The molecule has 0 aliphatic rings. The van der Waals surface area contributed by atoms with E-state index in [1.807, 2.05) is 36.4 Å². The molecule has 0 radical (unpaired) electrons. The Balaban J connectivity index is 2.43. The molecular formula is C37H52O3. The van der Waals surface area contributed by atoms with Crippen LogP contribution < -0.4 is 0 Å². The minimum Gasteiger partial charge on any atom is -0.508 e.